The molecule has 0 unspecified atom stereocenters. The van der Waals surface area contributed by atoms with E-state index in [1.807, 2.05) is 27.7 Å². The van der Waals surface area contributed by atoms with Crippen LogP contribution < -0.4 is 27.3 Å². The highest BCUT2D eigenvalue weighted by molar-refractivity contribution is 7.89. The Labute approximate surface area is 694 Å². The van der Waals surface area contributed by atoms with Gasteiger partial charge in [0.25, 0.3) is 0 Å². The van der Waals surface area contributed by atoms with Crippen LogP contribution in [0.25, 0.3) is 76.1 Å². The Hall–Kier alpha value is -9.79. The zero-order valence-corrected chi connectivity index (χ0v) is 66.7. The Morgan fingerprint density at radius 1 is 0.259 bits per heavy atom. The van der Waals surface area contributed by atoms with E-state index >= 15 is 0 Å². The molecule has 474 valence electrons. The van der Waals surface area contributed by atoms with E-state index < -0.39 is 64.3 Å². The van der Waals surface area contributed by atoms with Gasteiger partial charge in [-0.2, -0.15) is 0 Å². The maximum atomic E-state index is 7.92. The van der Waals surface area contributed by atoms with Crippen LogP contribution in [-0.4, -0.2) is 195 Å². The van der Waals surface area contributed by atoms with E-state index in [4.69, 9.17) is 129 Å². The third-order valence-electron chi connectivity index (χ3n) is 21.9. The summed E-state index contributed by atoms with van der Waals surface area (Å²) in [6, 6.07) is 0. The molecule has 0 aliphatic carbocycles. The smallest absolute Gasteiger partial charge is 0.113 e. The molecule has 0 spiro atoms. The lowest BCUT2D eigenvalue weighted by molar-refractivity contribution is 1.24. The third kappa shape index (κ3) is 16.0. The van der Waals surface area contributed by atoms with Crippen LogP contribution in [-0.2, 0) is 0 Å². The summed E-state index contributed by atoms with van der Waals surface area (Å²) in [7, 11) is 109. The monoisotopic (exact) mass is 1370 g/mol. The van der Waals surface area contributed by atoms with Crippen molar-refractivity contribution in [1.82, 2.24) is 0 Å². The van der Waals surface area contributed by atoms with Gasteiger partial charge >= 0.3 is 0 Å². The van der Waals surface area contributed by atoms with Gasteiger partial charge in [-0.15, -0.1) is 29.7 Å². The van der Waals surface area contributed by atoms with Crippen molar-refractivity contribution in [1.29, 1.82) is 0 Å². The Morgan fingerprint density at radius 2 is 0.661 bits per heavy atom. The van der Waals surface area contributed by atoms with E-state index in [9.17, 15) is 0 Å². The predicted molar refractivity (Wildman–Crippen MR) is 516 cm³/mol. The molecule has 0 aliphatic rings. The first-order chi connectivity index (χ1) is 53.3. The number of rotatable bonds is 14. The van der Waals surface area contributed by atoms with Crippen molar-refractivity contribution >= 4 is 276 Å². The first-order valence-electron chi connectivity index (χ1n) is 36.1. The summed E-state index contributed by atoms with van der Waals surface area (Å²) in [5.74, 6) is 85.7. The second kappa shape index (κ2) is 37.7. The molecule has 8 rings (SSSR count). The van der Waals surface area contributed by atoms with Gasteiger partial charge in [0.2, 0.25) is 0 Å². The van der Waals surface area contributed by atoms with Crippen molar-refractivity contribution < 1.29 is 0 Å². The topological polar surface area (TPSA) is 0 Å². The van der Waals surface area contributed by atoms with Crippen LogP contribution >= 0.6 is 0 Å². The molecule has 0 amide bonds. The second-order valence-electron chi connectivity index (χ2n) is 27.7. The molecule has 32 radical (unpaired) electrons. The minimum atomic E-state index is -1.34. The van der Waals surface area contributed by atoms with Gasteiger partial charge in [-0.25, -0.2) is 0 Å². The molecule has 112 heavy (non-hydrogen) atoms. The Balaban J connectivity index is 2.10. The van der Waals surface area contributed by atoms with E-state index in [0.29, 0.717) is 99.1 Å². The summed E-state index contributed by atoms with van der Waals surface area (Å²) in [4.78, 5) is 0. The molecule has 0 saturated carbocycles. The lowest BCUT2D eigenvalue weighted by Gasteiger charge is -2.42. The number of aryl methyl sites for hydroxylation is 6. The summed E-state index contributed by atoms with van der Waals surface area (Å²) in [6.07, 6.45) is 4.33. The maximum absolute atomic E-state index is 7.92. The summed E-state index contributed by atoms with van der Waals surface area (Å²) >= 11 is 0. The number of hydrogen-bond acceptors (Lipinski definition) is 0. The van der Waals surface area contributed by atoms with Crippen LogP contribution in [0.15, 0.2) is 0 Å². The number of fused-ring (bicyclic) bond motifs is 6. The van der Waals surface area contributed by atoms with Gasteiger partial charge in [0.1, 0.15) is 7.85 Å². The van der Waals surface area contributed by atoms with Gasteiger partial charge in [-0.3, -0.25) is 0 Å². The molecule has 0 aliphatic heterocycles. The average Bonchev–Trinajstić information content (AvgIpc) is 0.675. The molecule has 0 fully saturated rings. The Kier molecular flexibility index (Phi) is 29.5. The molecule has 8 aromatic carbocycles. The number of hydrogen-bond donors (Lipinski definition) is 0. The van der Waals surface area contributed by atoms with Gasteiger partial charge in [-0.05, 0) is 345 Å². The molecule has 0 bridgehead atoms. The van der Waals surface area contributed by atoms with Crippen molar-refractivity contribution in [2.75, 3.05) is 0 Å². The Morgan fingerprint density at radius 3 is 1.11 bits per heavy atom. The summed E-state index contributed by atoms with van der Waals surface area (Å²) < 4.78 is 0. The number of terminal acetylenes is 2. The molecule has 0 atom stereocenters. The average molecular weight is 1370 g/mol. The van der Waals surface area contributed by atoms with E-state index in [-0.39, 0.29) is 16.4 Å². The van der Waals surface area contributed by atoms with Crippen molar-refractivity contribution in [3.8, 4) is 201 Å². The normalized spacial score (nSPS) is 9.60. The van der Waals surface area contributed by atoms with Gasteiger partial charge in [-0.1, -0.05) is 75.2 Å². The quantitative estimate of drug-likeness (QED) is 0.0677. The van der Waals surface area contributed by atoms with Gasteiger partial charge in [0, 0.05) is 199 Å². The summed E-state index contributed by atoms with van der Waals surface area (Å²) in [5.41, 5.74) is 17.9. The second-order valence-corrected chi connectivity index (χ2v) is 27.7. The molecule has 0 saturated heterocycles. The van der Waals surface area contributed by atoms with Crippen LogP contribution in [0.5, 0.6) is 0 Å². The molecule has 0 aromatic heterocycles. The molecule has 0 heterocycles. The first kappa shape index (κ1) is 87.8. The van der Waals surface area contributed by atoms with Crippen LogP contribution in [0.4, 0.5) is 0 Å². The van der Waals surface area contributed by atoms with Crippen LogP contribution in [0.2, 0.25) is 0 Å². The maximum Gasteiger partial charge on any atom is 0.115 e. The van der Waals surface area contributed by atoms with Crippen molar-refractivity contribution in [2.24, 2.45) is 0 Å². The van der Waals surface area contributed by atoms with E-state index in [2.05, 4.69) is 228 Å². The lowest BCUT2D eigenvalue weighted by atomic mass is 8.66. The van der Waals surface area contributed by atoms with Crippen LogP contribution in [0.1, 0.15) is 133 Å². The fraction of sp³-hybridized carbons (Fsp3) is 0.200. The zero-order valence-electron chi connectivity index (χ0n) is 66.7. The minimum Gasteiger partial charge on any atom is -0.113 e. The van der Waals surface area contributed by atoms with E-state index in [1.165, 1.54) is 14.1 Å². The fourth-order valence-electron chi connectivity index (χ4n) is 15.9. The predicted octanol–water partition coefficient (Wildman–Crippen LogP) is 1.87. The number of benzene rings is 8. The largest absolute Gasteiger partial charge is 0.115 e. The highest BCUT2D eigenvalue weighted by Gasteiger charge is 2.43. The molecular formula is C85H53B27. The molecular weight excluding hydrogens is 1310 g/mol. The highest BCUT2D eigenvalue weighted by Crippen LogP contribution is 2.56. The zero-order chi connectivity index (χ0) is 82.9. The molecule has 27 heteroatoms. The summed E-state index contributed by atoms with van der Waals surface area (Å²) in [6.45, 7) is 29.0. The first-order valence-corrected chi connectivity index (χ1v) is 36.1. The van der Waals surface area contributed by atoms with E-state index in [1.54, 1.807) is 27.7 Å². The SMILES string of the molecule is [B][B]B([B])B(B([B])[B])c1c(B(B([B])[B])B([B])[B])c(B([B][B])B([B])[B])c(B([B])B([B])[B])c2c(-c3c4c(C)c(C)c(C)c(C)c4c(-c4c(C#CC#CC#CC)c(C#CC#CC#C)c(C#CC#CC)c5c4c(C#CC#CC#CC#CC)c(C)c4c(C)c(C)c(C#CC)c(C#CC#C)c45)c4c(C)c(C)c(C)c(C)c34)c(C)c(C)c([B])c12. The van der Waals surface area contributed by atoms with Gasteiger partial charge in [0.05, 0.1) is 42.7 Å². The standard InChI is InChI=1S/C85H53B27/c1-20-26-31-34-35-37-40-44-62-60(19)67-57(16)52(11)61(42-25-6)64(43-30-24-5)74(67)75-65(46-38-29-23-4)63(45-39-33-28-22-3)66(47-41-36-32-27-21-2)76(73(62)75)78-70-55(14)50(9)48(7)53(12)68(70)77(69-54(13)49(8)51(10)56(15)71(69)78)72-58(17)59(18)81(86)80-79(72)82(103(89)107(90)91)84(104(101-87)108(92)93)85(105(109(94)95)110(96)97)83(80)106(111(98)99)112(100)102-88/h3,5H,1-2,4,6-19H3. The Bertz CT molecular complexity index is 6350. The van der Waals surface area contributed by atoms with Crippen molar-refractivity contribution in [2.45, 2.75) is 118 Å². The lowest BCUT2D eigenvalue weighted by Crippen LogP contribution is -2.80. The molecule has 0 N–H and O–H groups in total. The fourth-order valence-corrected chi connectivity index (χ4v) is 15.9. The summed E-state index contributed by atoms with van der Waals surface area (Å²) in [5, 5.41) is 6.39. The van der Waals surface area contributed by atoms with Gasteiger partial charge < -0.3 is 0 Å². The molecule has 8 aromatic rings. The van der Waals surface area contributed by atoms with Crippen LogP contribution in [0, 0.1) is 269 Å². The van der Waals surface area contributed by atoms with Crippen molar-refractivity contribution in [3.63, 3.8) is 0 Å². The molecule has 0 nitrogen and oxygen atoms in total. The minimum absolute atomic E-state index is 0.252. The highest BCUT2D eigenvalue weighted by atomic mass is 14.4. The van der Waals surface area contributed by atoms with Crippen molar-refractivity contribution in [3.05, 3.63) is 106 Å². The van der Waals surface area contributed by atoms with E-state index in [0.717, 1.165) is 93.7 Å². The van der Waals surface area contributed by atoms with Gasteiger partial charge in [0.15, 0.2) is 0 Å². The van der Waals surface area contributed by atoms with Crippen LogP contribution in [0.3, 0.4) is 0 Å². The third-order valence-corrected chi connectivity index (χ3v) is 21.9.